The van der Waals surface area contributed by atoms with E-state index in [0.717, 1.165) is 57.8 Å². The Kier molecular flexibility index (Phi) is 45.9. The van der Waals surface area contributed by atoms with Gasteiger partial charge in [0.15, 0.2) is 6.10 Å². The van der Waals surface area contributed by atoms with Crippen molar-refractivity contribution in [3.8, 4) is 0 Å². The lowest BCUT2D eigenvalue weighted by Gasteiger charge is -2.18. The summed E-state index contributed by atoms with van der Waals surface area (Å²) in [7, 11) is 0. The van der Waals surface area contributed by atoms with Gasteiger partial charge in [0.1, 0.15) is 6.61 Å². The maximum Gasteiger partial charge on any atom is 0.306 e. The molecule has 0 aliphatic heterocycles. The van der Waals surface area contributed by atoms with Crippen LogP contribution < -0.4 is 0 Å². The molecule has 0 aromatic rings. The summed E-state index contributed by atoms with van der Waals surface area (Å²) < 4.78 is 17.3. The van der Waals surface area contributed by atoms with Crippen LogP contribution >= 0.6 is 0 Å². The molecule has 0 aromatic heterocycles. The van der Waals surface area contributed by atoms with Crippen LogP contribution in [0.5, 0.6) is 0 Å². The molecule has 5 heteroatoms. The van der Waals surface area contributed by atoms with Crippen molar-refractivity contribution in [3.05, 3.63) is 36.5 Å². The van der Waals surface area contributed by atoms with E-state index in [1.165, 1.54) is 161 Å². The Labute approximate surface area is 349 Å². The molecule has 1 atom stereocenters. The fourth-order valence-electron chi connectivity index (χ4n) is 6.99. The fraction of sp³-hybridized carbons (Fsp3) is 0.843. The molecule has 0 rings (SSSR count). The number of hydrogen-bond donors (Lipinski definition) is 0. The van der Waals surface area contributed by atoms with Crippen LogP contribution in [-0.4, -0.2) is 37.9 Å². The highest BCUT2D eigenvalue weighted by Crippen LogP contribution is 2.14. The van der Waals surface area contributed by atoms with Gasteiger partial charge in [0.05, 0.1) is 6.61 Å². The third kappa shape index (κ3) is 44.8. The number of hydrogen-bond acceptors (Lipinski definition) is 5. The fourth-order valence-corrected chi connectivity index (χ4v) is 6.99. The minimum Gasteiger partial charge on any atom is -0.462 e. The normalized spacial score (nSPS) is 12.4. The molecule has 0 saturated carbocycles. The lowest BCUT2D eigenvalue weighted by molar-refractivity contribution is -0.163. The molecule has 0 amide bonds. The van der Waals surface area contributed by atoms with E-state index < -0.39 is 6.10 Å². The second kappa shape index (κ2) is 47.5. The first-order valence-corrected chi connectivity index (χ1v) is 24.5. The predicted molar refractivity (Wildman–Crippen MR) is 242 cm³/mol. The monoisotopic (exact) mass is 787 g/mol. The summed E-state index contributed by atoms with van der Waals surface area (Å²) >= 11 is 0. The Bertz CT molecular complexity index is 893. The van der Waals surface area contributed by atoms with E-state index in [1.807, 2.05) is 0 Å². The molecule has 56 heavy (non-hydrogen) atoms. The summed E-state index contributed by atoms with van der Waals surface area (Å²) in [5, 5.41) is 0. The number of allylic oxidation sites excluding steroid dienone is 6. The van der Waals surface area contributed by atoms with Crippen LogP contribution in [0.1, 0.15) is 252 Å². The summed E-state index contributed by atoms with van der Waals surface area (Å²) in [4.78, 5) is 25.2. The molecule has 0 fully saturated rings. The molecule has 0 aromatic carbocycles. The first kappa shape index (κ1) is 54.1. The van der Waals surface area contributed by atoms with Crippen molar-refractivity contribution >= 4 is 11.9 Å². The average molecular weight is 787 g/mol. The van der Waals surface area contributed by atoms with Gasteiger partial charge in [0.2, 0.25) is 0 Å². The number of carbonyl (C=O) groups is 2. The van der Waals surface area contributed by atoms with Gasteiger partial charge in [-0.05, 0) is 57.8 Å². The Hall–Kier alpha value is -1.88. The number of unbranched alkanes of at least 4 members (excludes halogenated alkanes) is 28. The first-order valence-electron chi connectivity index (χ1n) is 24.5. The number of esters is 2. The lowest BCUT2D eigenvalue weighted by Crippen LogP contribution is -2.30. The molecule has 5 nitrogen and oxygen atoms in total. The van der Waals surface area contributed by atoms with E-state index in [0.29, 0.717) is 19.4 Å². The zero-order valence-corrected chi connectivity index (χ0v) is 37.7. The van der Waals surface area contributed by atoms with Gasteiger partial charge in [0, 0.05) is 19.4 Å². The summed E-state index contributed by atoms with van der Waals surface area (Å²) in [6, 6.07) is 0. The second-order valence-electron chi connectivity index (χ2n) is 16.4. The minimum absolute atomic E-state index is 0.0836. The summed E-state index contributed by atoms with van der Waals surface area (Å²) in [6.07, 6.45) is 55.7. The van der Waals surface area contributed by atoms with Crippen LogP contribution in [0.4, 0.5) is 0 Å². The van der Waals surface area contributed by atoms with Crippen LogP contribution in [0.3, 0.4) is 0 Å². The molecule has 0 aliphatic rings. The molecule has 0 saturated heterocycles. The van der Waals surface area contributed by atoms with Crippen LogP contribution in [0, 0.1) is 0 Å². The van der Waals surface area contributed by atoms with Gasteiger partial charge in [-0.25, -0.2) is 0 Å². The van der Waals surface area contributed by atoms with E-state index in [2.05, 4.69) is 57.2 Å². The molecule has 328 valence electrons. The molecule has 0 aliphatic carbocycles. The molecule has 0 spiro atoms. The van der Waals surface area contributed by atoms with Crippen LogP contribution in [0.2, 0.25) is 0 Å². The van der Waals surface area contributed by atoms with Crippen molar-refractivity contribution in [1.82, 2.24) is 0 Å². The van der Waals surface area contributed by atoms with Crippen LogP contribution in [-0.2, 0) is 23.8 Å². The SMILES string of the molecule is CCCCC/C=C\C/C=C\C/C=C\CCCCCCCCC(=O)OCC(COCCCCCCCCCCCCCC)OC(=O)CCCCCCCCCCC. The van der Waals surface area contributed by atoms with Gasteiger partial charge in [0.25, 0.3) is 0 Å². The summed E-state index contributed by atoms with van der Waals surface area (Å²) in [5.41, 5.74) is 0. The number of ether oxygens (including phenoxy) is 3. The van der Waals surface area contributed by atoms with E-state index in [4.69, 9.17) is 14.2 Å². The maximum absolute atomic E-state index is 12.7. The number of rotatable bonds is 45. The van der Waals surface area contributed by atoms with Crippen molar-refractivity contribution in [2.45, 2.75) is 258 Å². The standard InChI is InChI=1S/C51H94O5/c1-4-7-10-13-16-19-21-23-24-25-26-27-28-29-30-33-35-38-41-44-50(52)55-48-49(56-51(53)45-42-39-36-32-18-15-12-9-6-3)47-54-46-43-40-37-34-31-22-20-17-14-11-8-5-2/h16,19,23-24,26-27,49H,4-15,17-18,20-22,25,28-48H2,1-3H3/b19-16-,24-23-,27-26-. The van der Waals surface area contributed by atoms with Crippen molar-refractivity contribution in [3.63, 3.8) is 0 Å². The van der Waals surface area contributed by atoms with Crippen molar-refractivity contribution in [2.75, 3.05) is 19.8 Å². The van der Waals surface area contributed by atoms with Gasteiger partial charge in [-0.3, -0.25) is 9.59 Å². The van der Waals surface area contributed by atoms with E-state index >= 15 is 0 Å². The highest BCUT2D eigenvalue weighted by molar-refractivity contribution is 5.70. The van der Waals surface area contributed by atoms with Gasteiger partial charge < -0.3 is 14.2 Å². The molecule has 0 N–H and O–H groups in total. The average Bonchev–Trinajstić information content (AvgIpc) is 3.20. The zero-order valence-electron chi connectivity index (χ0n) is 37.7. The molecule has 1 unspecified atom stereocenters. The quantitative estimate of drug-likeness (QED) is 0.0349. The molecule has 0 bridgehead atoms. The van der Waals surface area contributed by atoms with Gasteiger partial charge >= 0.3 is 11.9 Å². The Balaban J connectivity index is 4.17. The molecule has 0 heterocycles. The Morgan fingerprint density at radius 1 is 0.393 bits per heavy atom. The van der Waals surface area contributed by atoms with E-state index in [1.54, 1.807) is 0 Å². The predicted octanol–water partition coefficient (Wildman–Crippen LogP) is 16.2. The smallest absolute Gasteiger partial charge is 0.306 e. The van der Waals surface area contributed by atoms with Gasteiger partial charge in [-0.2, -0.15) is 0 Å². The topological polar surface area (TPSA) is 61.8 Å². The van der Waals surface area contributed by atoms with Crippen molar-refractivity contribution in [2.24, 2.45) is 0 Å². The largest absolute Gasteiger partial charge is 0.462 e. The van der Waals surface area contributed by atoms with Gasteiger partial charge in [-0.15, -0.1) is 0 Å². The highest BCUT2D eigenvalue weighted by atomic mass is 16.6. The second-order valence-corrected chi connectivity index (χ2v) is 16.4. The zero-order chi connectivity index (χ0) is 40.7. The highest BCUT2D eigenvalue weighted by Gasteiger charge is 2.17. The lowest BCUT2D eigenvalue weighted by atomic mass is 10.1. The van der Waals surface area contributed by atoms with Crippen LogP contribution in [0.25, 0.3) is 0 Å². The third-order valence-corrected chi connectivity index (χ3v) is 10.7. The van der Waals surface area contributed by atoms with E-state index in [9.17, 15) is 9.59 Å². The van der Waals surface area contributed by atoms with E-state index in [-0.39, 0.29) is 25.2 Å². The Morgan fingerprint density at radius 3 is 1.23 bits per heavy atom. The van der Waals surface area contributed by atoms with Gasteiger partial charge in [-0.1, -0.05) is 218 Å². The third-order valence-electron chi connectivity index (χ3n) is 10.7. The molecular formula is C51H94O5. The minimum atomic E-state index is -0.533. The molecule has 0 radical (unpaired) electrons. The van der Waals surface area contributed by atoms with Crippen molar-refractivity contribution in [1.29, 1.82) is 0 Å². The summed E-state index contributed by atoms with van der Waals surface area (Å²) in [5.74, 6) is -0.403. The maximum atomic E-state index is 12.7. The van der Waals surface area contributed by atoms with Crippen molar-refractivity contribution < 1.29 is 23.8 Å². The summed E-state index contributed by atoms with van der Waals surface area (Å²) in [6.45, 7) is 7.80. The molecular weight excluding hydrogens is 693 g/mol. The Morgan fingerprint density at radius 2 is 0.750 bits per heavy atom. The number of carbonyl (C=O) groups excluding carboxylic acids is 2. The van der Waals surface area contributed by atoms with Crippen LogP contribution in [0.15, 0.2) is 36.5 Å². The first-order chi connectivity index (χ1) is 27.6.